The van der Waals surface area contributed by atoms with E-state index in [2.05, 4.69) is 20.8 Å². The molecule has 0 saturated carbocycles. The van der Waals surface area contributed by atoms with E-state index < -0.39 is 10.8 Å². The number of hydrogen-bond donors (Lipinski definition) is 3. The van der Waals surface area contributed by atoms with Crippen LogP contribution in [0.5, 0.6) is 0 Å². The number of aryl methyl sites for hydroxylation is 1. The van der Waals surface area contributed by atoms with E-state index in [0.717, 1.165) is 6.07 Å². The third kappa shape index (κ3) is 2.54. The molecule has 0 saturated heterocycles. The Morgan fingerprint density at radius 3 is 2.80 bits per heavy atom. The maximum atomic E-state index is 12.0. The maximum absolute atomic E-state index is 12.0. The average Bonchev–Trinajstić information content (AvgIpc) is 2.83. The van der Waals surface area contributed by atoms with Crippen LogP contribution in [0.2, 0.25) is 0 Å². The summed E-state index contributed by atoms with van der Waals surface area (Å²) < 4.78 is 1.36. The minimum Gasteiger partial charge on any atom is -0.318 e. The lowest BCUT2D eigenvalue weighted by molar-refractivity contribution is -0.384. The Morgan fingerprint density at radius 1 is 1.50 bits per heavy atom. The summed E-state index contributed by atoms with van der Waals surface area (Å²) in [5.74, 6) is 4.87. The molecule has 1 amide bonds. The molecule has 0 fully saturated rings. The van der Waals surface area contributed by atoms with Crippen LogP contribution in [-0.2, 0) is 7.05 Å². The second-order valence-corrected chi connectivity index (χ2v) is 3.79. The highest BCUT2D eigenvalue weighted by molar-refractivity contribution is 6.04. The van der Waals surface area contributed by atoms with Gasteiger partial charge in [-0.3, -0.25) is 26.1 Å². The number of rotatable bonds is 4. The lowest BCUT2D eigenvalue weighted by Crippen LogP contribution is -2.16. The number of nitrogens with two attached hydrogens (primary N) is 1. The van der Waals surface area contributed by atoms with E-state index in [1.54, 1.807) is 7.05 Å². The molecule has 0 aliphatic rings. The minimum absolute atomic E-state index is 0.110. The summed E-state index contributed by atoms with van der Waals surface area (Å²) in [4.78, 5) is 26.0. The Bertz CT molecular complexity index is 667. The smallest absolute Gasteiger partial charge is 0.294 e. The Balaban J connectivity index is 2.29. The second kappa shape index (κ2) is 5.32. The molecule has 10 nitrogen and oxygen atoms in total. The lowest BCUT2D eigenvalue weighted by atomic mass is 10.1. The number of nitrogens with zero attached hydrogens (tertiary/aromatic N) is 4. The Labute approximate surface area is 112 Å². The Kier molecular flexibility index (Phi) is 3.57. The molecule has 0 spiro atoms. The number of hydrogen-bond acceptors (Lipinski definition) is 7. The molecular formula is C10H11N7O3. The van der Waals surface area contributed by atoms with Gasteiger partial charge in [0, 0.05) is 18.7 Å². The summed E-state index contributed by atoms with van der Waals surface area (Å²) in [5, 5.41) is 17.2. The van der Waals surface area contributed by atoms with Crippen molar-refractivity contribution in [2.24, 2.45) is 12.9 Å². The van der Waals surface area contributed by atoms with Gasteiger partial charge in [0.1, 0.15) is 12.0 Å². The van der Waals surface area contributed by atoms with Gasteiger partial charge >= 0.3 is 0 Å². The average molecular weight is 277 g/mol. The fourth-order valence-corrected chi connectivity index (χ4v) is 1.53. The van der Waals surface area contributed by atoms with Crippen LogP contribution in [-0.4, -0.2) is 25.6 Å². The molecule has 0 aliphatic heterocycles. The van der Waals surface area contributed by atoms with E-state index in [0.29, 0.717) is 0 Å². The molecule has 1 aromatic carbocycles. The summed E-state index contributed by atoms with van der Waals surface area (Å²) in [6.45, 7) is 0. The van der Waals surface area contributed by atoms with Crippen LogP contribution in [0, 0.1) is 10.1 Å². The van der Waals surface area contributed by atoms with Crippen LogP contribution in [0.4, 0.5) is 17.3 Å². The number of nitrogens with one attached hydrogen (secondary N) is 2. The van der Waals surface area contributed by atoms with Crippen LogP contribution < -0.4 is 16.6 Å². The number of amides is 1. The van der Waals surface area contributed by atoms with E-state index >= 15 is 0 Å². The predicted molar refractivity (Wildman–Crippen MR) is 69.9 cm³/mol. The van der Waals surface area contributed by atoms with Crippen molar-refractivity contribution < 1.29 is 9.72 Å². The molecular weight excluding hydrogens is 266 g/mol. The lowest BCUT2D eigenvalue weighted by Gasteiger charge is -2.06. The highest BCUT2D eigenvalue weighted by Gasteiger charge is 2.17. The molecule has 1 aromatic heterocycles. The van der Waals surface area contributed by atoms with Gasteiger partial charge in [-0.1, -0.05) is 0 Å². The van der Waals surface area contributed by atoms with Crippen molar-refractivity contribution in [3.05, 3.63) is 40.2 Å². The number of anilines is 2. The number of hydrazine groups is 1. The number of carbonyl (C=O) groups is 1. The van der Waals surface area contributed by atoms with Gasteiger partial charge in [-0.15, -0.1) is 0 Å². The van der Waals surface area contributed by atoms with Crippen LogP contribution >= 0.6 is 0 Å². The number of nitro benzene ring substituents is 1. The van der Waals surface area contributed by atoms with Gasteiger partial charge in [-0.25, -0.2) is 4.68 Å². The zero-order valence-electron chi connectivity index (χ0n) is 10.4. The number of nitro groups is 1. The van der Waals surface area contributed by atoms with Gasteiger partial charge in [0.2, 0.25) is 5.95 Å². The highest BCUT2D eigenvalue weighted by atomic mass is 16.6. The molecule has 4 N–H and O–H groups in total. The first-order valence-corrected chi connectivity index (χ1v) is 5.43. The van der Waals surface area contributed by atoms with Crippen molar-refractivity contribution in [2.75, 3.05) is 10.7 Å². The number of aromatic nitrogens is 3. The number of benzene rings is 1. The van der Waals surface area contributed by atoms with Crippen molar-refractivity contribution >= 4 is 23.2 Å². The standard InChI is InChI=1S/C10H11N7O3/c1-16-10(12-5-13-16)14-9(18)6-2-3-7(15-11)8(4-6)17(19)20/h2-5,15H,11H2,1H3,(H,12,13,14,18). The molecule has 0 unspecified atom stereocenters. The predicted octanol–water partition coefficient (Wildman–Crippen LogP) is 0.261. The fourth-order valence-electron chi connectivity index (χ4n) is 1.53. The van der Waals surface area contributed by atoms with Crippen molar-refractivity contribution in [1.82, 2.24) is 14.8 Å². The van der Waals surface area contributed by atoms with Crippen LogP contribution in [0.15, 0.2) is 24.5 Å². The van der Waals surface area contributed by atoms with Gasteiger partial charge in [-0.2, -0.15) is 10.1 Å². The summed E-state index contributed by atoms with van der Waals surface area (Å²) in [6, 6.07) is 3.89. The summed E-state index contributed by atoms with van der Waals surface area (Å²) in [7, 11) is 1.60. The van der Waals surface area contributed by atoms with Gasteiger partial charge in [0.05, 0.1) is 4.92 Å². The first-order chi connectivity index (χ1) is 9.52. The normalized spacial score (nSPS) is 10.1. The first-order valence-electron chi connectivity index (χ1n) is 5.43. The third-order valence-electron chi connectivity index (χ3n) is 2.55. The van der Waals surface area contributed by atoms with Crippen LogP contribution in [0.3, 0.4) is 0 Å². The van der Waals surface area contributed by atoms with E-state index in [1.165, 1.54) is 23.1 Å². The zero-order valence-corrected chi connectivity index (χ0v) is 10.4. The van der Waals surface area contributed by atoms with E-state index in [-0.39, 0.29) is 22.9 Å². The van der Waals surface area contributed by atoms with Crippen molar-refractivity contribution in [1.29, 1.82) is 0 Å². The Morgan fingerprint density at radius 2 is 2.25 bits per heavy atom. The largest absolute Gasteiger partial charge is 0.318 e. The maximum Gasteiger partial charge on any atom is 0.294 e. The fraction of sp³-hybridized carbons (Fsp3) is 0.100. The van der Waals surface area contributed by atoms with Gasteiger partial charge in [0.25, 0.3) is 11.6 Å². The minimum atomic E-state index is -0.631. The molecule has 104 valence electrons. The summed E-state index contributed by atoms with van der Waals surface area (Å²) in [6.07, 6.45) is 1.28. The quantitative estimate of drug-likeness (QED) is 0.413. The second-order valence-electron chi connectivity index (χ2n) is 3.79. The number of nitrogen functional groups attached to an aromatic ring is 1. The SMILES string of the molecule is Cn1ncnc1NC(=O)c1ccc(NN)c([N+](=O)[O-])c1. The van der Waals surface area contributed by atoms with E-state index in [9.17, 15) is 14.9 Å². The summed E-state index contributed by atoms with van der Waals surface area (Å²) in [5.41, 5.74) is 2.13. The molecule has 20 heavy (non-hydrogen) atoms. The molecule has 0 atom stereocenters. The monoisotopic (exact) mass is 277 g/mol. The van der Waals surface area contributed by atoms with E-state index in [4.69, 9.17) is 5.84 Å². The van der Waals surface area contributed by atoms with Crippen LogP contribution in [0.25, 0.3) is 0 Å². The Hall–Kier alpha value is -3.01. The molecule has 2 rings (SSSR count). The molecule has 0 bridgehead atoms. The van der Waals surface area contributed by atoms with Gasteiger partial charge < -0.3 is 5.43 Å². The van der Waals surface area contributed by atoms with Gasteiger partial charge in [-0.05, 0) is 12.1 Å². The zero-order chi connectivity index (χ0) is 14.7. The molecule has 0 radical (unpaired) electrons. The first kappa shape index (κ1) is 13.4. The molecule has 0 aliphatic carbocycles. The number of carbonyl (C=O) groups excluding carboxylic acids is 1. The van der Waals surface area contributed by atoms with E-state index in [1.807, 2.05) is 0 Å². The molecule has 1 heterocycles. The molecule has 10 heteroatoms. The molecule has 2 aromatic rings. The topological polar surface area (TPSA) is 141 Å². The third-order valence-corrected chi connectivity index (χ3v) is 2.55. The van der Waals surface area contributed by atoms with Gasteiger partial charge in [0.15, 0.2) is 0 Å². The van der Waals surface area contributed by atoms with Crippen molar-refractivity contribution in [2.45, 2.75) is 0 Å². The highest BCUT2D eigenvalue weighted by Crippen LogP contribution is 2.24. The van der Waals surface area contributed by atoms with Crippen molar-refractivity contribution in [3.63, 3.8) is 0 Å². The van der Waals surface area contributed by atoms with Crippen LogP contribution in [0.1, 0.15) is 10.4 Å². The summed E-state index contributed by atoms with van der Waals surface area (Å²) >= 11 is 0. The van der Waals surface area contributed by atoms with Crippen molar-refractivity contribution in [3.8, 4) is 0 Å².